The largest absolute Gasteiger partial charge is 0.439 e. The fraction of sp³-hybridized carbons (Fsp3) is 0.296. The molecule has 2 saturated heterocycles. The third-order valence-corrected chi connectivity index (χ3v) is 8.13. The zero-order chi connectivity index (χ0) is 25.4. The molecule has 1 unspecified atom stereocenters. The van der Waals surface area contributed by atoms with Gasteiger partial charge < -0.3 is 14.5 Å². The number of amides is 2. The van der Waals surface area contributed by atoms with Gasteiger partial charge in [-0.15, -0.1) is 0 Å². The molecule has 3 aromatic rings. The maximum atomic E-state index is 14.6. The Labute approximate surface area is 222 Å². The molecule has 1 spiro atoms. The van der Waals surface area contributed by atoms with Crippen LogP contribution in [0.4, 0.5) is 4.39 Å². The van der Waals surface area contributed by atoms with Gasteiger partial charge in [-0.2, -0.15) is 0 Å². The molecule has 0 aliphatic carbocycles. The van der Waals surface area contributed by atoms with Gasteiger partial charge in [-0.1, -0.05) is 27.5 Å². The maximum absolute atomic E-state index is 14.6. The molecule has 3 heterocycles. The fourth-order valence-electron chi connectivity index (χ4n) is 5.01. The molecular formula is C27H24BrClFN3O3. The number of nitrogens with zero attached hydrogens (tertiary/aromatic N) is 3. The number of carbonyl (C=O) groups excluding carboxylic acids is 2. The highest BCUT2D eigenvalue weighted by Gasteiger charge is 2.51. The van der Waals surface area contributed by atoms with Crippen molar-refractivity contribution in [3.05, 3.63) is 86.7 Å². The first kappa shape index (κ1) is 24.7. The number of ether oxygens (including phenoxy) is 1. The number of rotatable bonds is 4. The highest BCUT2D eigenvalue weighted by atomic mass is 79.9. The summed E-state index contributed by atoms with van der Waals surface area (Å²) in [5, 5.41) is 0.520. The van der Waals surface area contributed by atoms with Gasteiger partial charge in [0.25, 0.3) is 11.8 Å². The minimum absolute atomic E-state index is 0.0951. The number of benzene rings is 2. The number of hydrogen-bond donors (Lipinski definition) is 0. The highest BCUT2D eigenvalue weighted by molar-refractivity contribution is 9.10. The molecule has 2 amide bonds. The van der Waals surface area contributed by atoms with Crippen LogP contribution in [-0.2, 0) is 0 Å². The summed E-state index contributed by atoms with van der Waals surface area (Å²) < 4.78 is 21.0. The van der Waals surface area contributed by atoms with Gasteiger partial charge in [0.05, 0.1) is 16.1 Å². The van der Waals surface area contributed by atoms with Crippen molar-refractivity contribution in [2.24, 2.45) is 0 Å². The minimum atomic E-state index is -0.525. The Hall–Kier alpha value is -2.97. The number of piperidine rings is 1. The number of likely N-dealkylation sites (tertiary alicyclic amines) is 2. The van der Waals surface area contributed by atoms with Crippen molar-refractivity contribution in [1.29, 1.82) is 0 Å². The van der Waals surface area contributed by atoms with E-state index in [-0.39, 0.29) is 17.4 Å². The van der Waals surface area contributed by atoms with Crippen LogP contribution >= 0.6 is 27.5 Å². The average Bonchev–Trinajstić information content (AvgIpc) is 2.87. The molecule has 0 radical (unpaired) electrons. The van der Waals surface area contributed by atoms with Crippen molar-refractivity contribution in [2.45, 2.75) is 31.7 Å². The predicted octanol–water partition coefficient (Wildman–Crippen LogP) is 6.26. The Morgan fingerprint density at radius 3 is 2.50 bits per heavy atom. The lowest BCUT2D eigenvalue weighted by Gasteiger charge is -2.57. The van der Waals surface area contributed by atoms with E-state index in [1.54, 1.807) is 59.2 Å². The van der Waals surface area contributed by atoms with E-state index in [0.29, 0.717) is 51.9 Å². The quantitative estimate of drug-likeness (QED) is 0.370. The molecule has 2 aromatic carbocycles. The summed E-state index contributed by atoms with van der Waals surface area (Å²) in [4.78, 5) is 34.4. The monoisotopic (exact) mass is 571 g/mol. The SMILES string of the molecule is Cc1c(Br)ccc(F)c1C(=O)N1CCC12CCCN(C(=O)c1ccc(Oc3ccc(Cl)cn3)cc1)C2. The van der Waals surface area contributed by atoms with Gasteiger partial charge in [0.15, 0.2) is 0 Å². The molecule has 2 aliphatic heterocycles. The van der Waals surface area contributed by atoms with Crippen molar-refractivity contribution in [3.8, 4) is 11.6 Å². The third kappa shape index (κ3) is 4.60. The summed E-state index contributed by atoms with van der Waals surface area (Å²) in [6.45, 7) is 3.33. The molecule has 36 heavy (non-hydrogen) atoms. The number of halogens is 3. The van der Waals surface area contributed by atoms with Crippen LogP contribution in [0.2, 0.25) is 5.02 Å². The molecule has 0 bridgehead atoms. The molecule has 5 rings (SSSR count). The third-order valence-electron chi connectivity index (χ3n) is 7.05. The number of hydrogen-bond acceptors (Lipinski definition) is 4. The van der Waals surface area contributed by atoms with Crippen molar-refractivity contribution >= 4 is 39.3 Å². The topological polar surface area (TPSA) is 62.7 Å². The molecule has 1 aromatic heterocycles. The minimum Gasteiger partial charge on any atom is -0.439 e. The summed E-state index contributed by atoms with van der Waals surface area (Å²) in [6.07, 6.45) is 3.86. The van der Waals surface area contributed by atoms with E-state index >= 15 is 0 Å². The van der Waals surface area contributed by atoms with Crippen molar-refractivity contribution in [3.63, 3.8) is 0 Å². The van der Waals surface area contributed by atoms with Crippen LogP contribution in [0.25, 0.3) is 0 Å². The van der Waals surface area contributed by atoms with Crippen molar-refractivity contribution < 1.29 is 18.7 Å². The van der Waals surface area contributed by atoms with Gasteiger partial charge in [-0.25, -0.2) is 9.37 Å². The second kappa shape index (κ2) is 9.82. The fourth-order valence-corrected chi connectivity index (χ4v) is 5.45. The van der Waals surface area contributed by atoms with Gasteiger partial charge in [0, 0.05) is 41.9 Å². The Kier molecular flexibility index (Phi) is 6.74. The van der Waals surface area contributed by atoms with Crippen LogP contribution in [0.1, 0.15) is 45.5 Å². The van der Waals surface area contributed by atoms with E-state index < -0.39 is 11.4 Å². The van der Waals surface area contributed by atoms with Crippen molar-refractivity contribution in [2.75, 3.05) is 19.6 Å². The zero-order valence-corrected chi connectivity index (χ0v) is 22.0. The van der Waals surface area contributed by atoms with Gasteiger partial charge >= 0.3 is 0 Å². The predicted molar refractivity (Wildman–Crippen MR) is 138 cm³/mol. The van der Waals surface area contributed by atoms with E-state index in [2.05, 4.69) is 20.9 Å². The normalized spacial score (nSPS) is 19.2. The number of carbonyl (C=O) groups is 2. The zero-order valence-electron chi connectivity index (χ0n) is 19.6. The first-order chi connectivity index (χ1) is 17.3. The van der Waals surface area contributed by atoms with E-state index in [9.17, 15) is 14.0 Å². The van der Waals surface area contributed by atoms with Gasteiger partial charge in [-0.3, -0.25) is 9.59 Å². The lowest BCUT2D eigenvalue weighted by molar-refractivity contribution is -0.0403. The summed E-state index contributed by atoms with van der Waals surface area (Å²) in [7, 11) is 0. The summed E-state index contributed by atoms with van der Waals surface area (Å²) in [6, 6.07) is 13.2. The van der Waals surface area contributed by atoms with Gasteiger partial charge in [0.1, 0.15) is 11.6 Å². The molecule has 6 nitrogen and oxygen atoms in total. The smallest absolute Gasteiger partial charge is 0.257 e. The number of pyridine rings is 1. The number of aromatic nitrogens is 1. The molecule has 2 aliphatic rings. The average molecular weight is 573 g/mol. The van der Waals surface area contributed by atoms with Crippen LogP contribution in [-0.4, -0.2) is 51.8 Å². The van der Waals surface area contributed by atoms with E-state index in [1.165, 1.54) is 12.3 Å². The van der Waals surface area contributed by atoms with E-state index in [0.717, 1.165) is 19.3 Å². The second-order valence-electron chi connectivity index (χ2n) is 9.23. The lowest BCUT2D eigenvalue weighted by atomic mass is 9.77. The molecule has 0 N–H and O–H groups in total. The van der Waals surface area contributed by atoms with Crippen molar-refractivity contribution in [1.82, 2.24) is 14.8 Å². The molecule has 186 valence electrons. The van der Waals surface area contributed by atoms with E-state index in [4.69, 9.17) is 16.3 Å². The highest BCUT2D eigenvalue weighted by Crippen LogP contribution is 2.41. The first-order valence-corrected chi connectivity index (χ1v) is 12.9. The Morgan fingerprint density at radius 1 is 1.06 bits per heavy atom. The molecule has 9 heteroatoms. The Bertz CT molecular complexity index is 1320. The summed E-state index contributed by atoms with van der Waals surface area (Å²) in [5.41, 5.74) is 0.754. The standard InChI is InChI=1S/C27H24BrClFN3O3/c1-17-21(28)8-9-22(30)24(17)26(35)33-14-12-27(33)11-2-13-32(16-27)25(34)18-3-6-20(7-4-18)36-23-10-5-19(29)15-31-23/h3-10,15H,2,11-14,16H2,1H3. The molecule has 0 saturated carbocycles. The Balaban J connectivity index is 1.29. The summed E-state index contributed by atoms with van der Waals surface area (Å²) >= 11 is 9.25. The van der Waals surface area contributed by atoms with Crippen LogP contribution in [0.3, 0.4) is 0 Å². The first-order valence-electron chi connectivity index (χ1n) is 11.7. The van der Waals surface area contributed by atoms with Crippen LogP contribution in [0, 0.1) is 12.7 Å². The van der Waals surface area contributed by atoms with Gasteiger partial charge in [0.2, 0.25) is 5.88 Å². The van der Waals surface area contributed by atoms with E-state index in [1.807, 2.05) is 0 Å². The van der Waals surface area contributed by atoms with Crippen LogP contribution < -0.4 is 4.74 Å². The van der Waals surface area contributed by atoms with Crippen LogP contribution in [0.5, 0.6) is 11.6 Å². The lowest BCUT2D eigenvalue weighted by Crippen LogP contribution is -2.69. The molecular weight excluding hydrogens is 549 g/mol. The second-order valence-corrected chi connectivity index (χ2v) is 10.5. The molecule has 1 atom stereocenters. The van der Waals surface area contributed by atoms with Crippen LogP contribution in [0.15, 0.2) is 59.2 Å². The molecule has 2 fully saturated rings. The summed E-state index contributed by atoms with van der Waals surface area (Å²) in [5.74, 6) is 0.0168. The maximum Gasteiger partial charge on any atom is 0.257 e. The van der Waals surface area contributed by atoms with Gasteiger partial charge in [-0.05, 0) is 74.2 Å². The Morgan fingerprint density at radius 2 is 1.83 bits per heavy atom.